The molecule has 0 saturated carbocycles. The van der Waals surface area contributed by atoms with Gasteiger partial charge in [-0.3, -0.25) is 4.79 Å². The Hall–Kier alpha value is -2.61. The molecule has 0 radical (unpaired) electrons. The van der Waals surface area contributed by atoms with Gasteiger partial charge in [0.15, 0.2) is 0 Å². The Kier molecular flexibility index (Phi) is 6.93. The van der Waals surface area contributed by atoms with Gasteiger partial charge in [-0.15, -0.1) is 11.3 Å². The van der Waals surface area contributed by atoms with Gasteiger partial charge in [0.1, 0.15) is 5.69 Å². The lowest BCUT2D eigenvalue weighted by molar-refractivity contribution is 0.0958. The van der Waals surface area contributed by atoms with Crippen LogP contribution in [-0.2, 0) is 0 Å². The number of rotatable bonds is 4. The van der Waals surface area contributed by atoms with Crippen LogP contribution in [0.3, 0.4) is 0 Å². The van der Waals surface area contributed by atoms with E-state index in [9.17, 15) is 14.7 Å². The first-order valence-electron chi connectivity index (χ1n) is 11.8. The zero-order valence-corrected chi connectivity index (χ0v) is 20.5. The third kappa shape index (κ3) is 5.49. The third-order valence-electron chi connectivity index (χ3n) is 7.24. The third-order valence-corrected chi connectivity index (χ3v) is 7.83. The molecule has 2 N–H and O–H groups in total. The summed E-state index contributed by atoms with van der Waals surface area (Å²) in [6, 6.07) is 8.53. The summed E-state index contributed by atoms with van der Waals surface area (Å²) in [5.74, 6) is 1.06. The van der Waals surface area contributed by atoms with Crippen LogP contribution >= 0.6 is 11.3 Å². The fraction of sp³-hybridized carbons (Fsp3) is 0.560. The number of benzene rings is 1. The predicted molar refractivity (Wildman–Crippen MR) is 132 cm³/mol. The molecule has 1 aromatic heterocycles. The highest BCUT2D eigenvalue weighted by atomic mass is 32.1. The van der Waals surface area contributed by atoms with E-state index in [-0.39, 0.29) is 11.3 Å². The molecule has 2 atom stereocenters. The van der Waals surface area contributed by atoms with Crippen molar-refractivity contribution < 1.29 is 14.7 Å². The molecule has 7 nitrogen and oxygen atoms in total. The second-order valence-corrected chi connectivity index (χ2v) is 11.1. The highest BCUT2D eigenvalue weighted by molar-refractivity contribution is 7.07. The molecule has 2 unspecified atom stereocenters. The molecule has 2 fully saturated rings. The molecule has 2 aromatic rings. The maximum absolute atomic E-state index is 12.3. The quantitative estimate of drug-likeness (QED) is 0.623. The van der Waals surface area contributed by atoms with Crippen LogP contribution in [0.25, 0.3) is 0 Å². The molecule has 2 amide bonds. The van der Waals surface area contributed by atoms with Crippen molar-refractivity contribution in [1.29, 1.82) is 0 Å². The molecule has 2 aliphatic rings. The van der Waals surface area contributed by atoms with Gasteiger partial charge in [0, 0.05) is 42.4 Å². The van der Waals surface area contributed by atoms with Crippen LogP contribution in [-0.4, -0.2) is 52.7 Å². The van der Waals surface area contributed by atoms with Gasteiger partial charge in [-0.1, -0.05) is 20.8 Å². The van der Waals surface area contributed by atoms with E-state index in [4.69, 9.17) is 0 Å². The molecule has 1 aromatic carbocycles. The number of carboxylic acid groups (broad SMARTS) is 1. The molecule has 33 heavy (non-hydrogen) atoms. The van der Waals surface area contributed by atoms with Crippen molar-refractivity contribution in [1.82, 2.24) is 9.88 Å². The molecule has 2 aliphatic heterocycles. The second kappa shape index (κ2) is 9.71. The smallest absolute Gasteiger partial charge is 0.407 e. The molecule has 178 valence electrons. The fourth-order valence-electron chi connectivity index (χ4n) is 5.37. The lowest BCUT2D eigenvalue weighted by atomic mass is 9.71. The van der Waals surface area contributed by atoms with Gasteiger partial charge >= 0.3 is 6.09 Å². The summed E-state index contributed by atoms with van der Waals surface area (Å²) in [4.78, 5) is 31.7. The molecular formula is C25H34N4O3S. The molecule has 0 aliphatic carbocycles. The Morgan fingerprint density at radius 3 is 2.30 bits per heavy atom. The number of piperidine rings is 2. The Bertz CT molecular complexity index is 947. The van der Waals surface area contributed by atoms with Crippen LogP contribution in [0.4, 0.5) is 16.2 Å². The first-order valence-corrected chi connectivity index (χ1v) is 12.7. The Morgan fingerprint density at radius 2 is 1.73 bits per heavy atom. The maximum atomic E-state index is 12.3. The average Bonchev–Trinajstić information content (AvgIpc) is 3.34. The van der Waals surface area contributed by atoms with Crippen molar-refractivity contribution in [3.8, 4) is 0 Å². The van der Waals surface area contributed by atoms with E-state index in [2.05, 4.69) is 48.1 Å². The van der Waals surface area contributed by atoms with Crippen LogP contribution in [0, 0.1) is 17.3 Å². The number of thiazole rings is 1. The molecule has 4 rings (SSSR count). The lowest BCUT2D eigenvalue weighted by Crippen LogP contribution is -2.51. The Labute approximate surface area is 199 Å². The van der Waals surface area contributed by atoms with Gasteiger partial charge in [-0.2, -0.15) is 0 Å². The average molecular weight is 471 g/mol. The van der Waals surface area contributed by atoms with Crippen LogP contribution in [0.2, 0.25) is 0 Å². The van der Waals surface area contributed by atoms with Crippen molar-refractivity contribution in [2.24, 2.45) is 17.3 Å². The number of likely N-dealkylation sites (tertiary alicyclic amines) is 1. The summed E-state index contributed by atoms with van der Waals surface area (Å²) in [7, 11) is 0. The lowest BCUT2D eigenvalue weighted by Gasteiger charge is -2.49. The molecule has 0 spiro atoms. The van der Waals surface area contributed by atoms with E-state index in [1.54, 1.807) is 15.8 Å². The Balaban J connectivity index is 1.42. The van der Waals surface area contributed by atoms with E-state index >= 15 is 0 Å². The number of hydrogen-bond donors (Lipinski definition) is 2. The van der Waals surface area contributed by atoms with Crippen LogP contribution < -0.4 is 10.2 Å². The fourth-order valence-corrected chi connectivity index (χ4v) is 5.90. The second-order valence-electron chi connectivity index (χ2n) is 10.3. The van der Waals surface area contributed by atoms with Gasteiger partial charge in [0.2, 0.25) is 0 Å². The standard InChI is InChI=1S/C25H34N4O3S/c1-25(2,3)22-14-18(17-8-11-28(12-9-17)24(31)32)10-13-29(22)20-6-4-19(5-7-20)27-23(30)21-15-33-16-26-21/h4-7,15-18,22H,8-14H2,1-3H3,(H,27,30)(H,31,32). The SMILES string of the molecule is CC(C)(C)C1CC(C2CCN(C(=O)O)CC2)CCN1c1ccc(NC(=O)c2cscn2)cc1. The topological polar surface area (TPSA) is 85.8 Å². The first kappa shape index (κ1) is 23.5. The van der Waals surface area contributed by atoms with E-state index in [0.29, 0.717) is 36.7 Å². The number of carbonyl (C=O) groups excluding carboxylic acids is 1. The van der Waals surface area contributed by atoms with Gasteiger partial charge in [-0.05, 0) is 67.2 Å². The number of aromatic nitrogens is 1. The van der Waals surface area contributed by atoms with Crippen molar-refractivity contribution >= 4 is 34.7 Å². The molecule has 8 heteroatoms. The normalized spacial score (nSPS) is 22.3. The van der Waals surface area contributed by atoms with Gasteiger partial charge < -0.3 is 20.2 Å². The number of carbonyl (C=O) groups is 2. The number of hydrogen-bond acceptors (Lipinski definition) is 5. The van der Waals surface area contributed by atoms with E-state index in [1.165, 1.54) is 17.0 Å². The van der Waals surface area contributed by atoms with E-state index in [0.717, 1.165) is 37.9 Å². The zero-order chi connectivity index (χ0) is 23.6. The minimum absolute atomic E-state index is 0.123. The minimum Gasteiger partial charge on any atom is -0.465 e. The highest BCUT2D eigenvalue weighted by Gasteiger charge is 2.39. The summed E-state index contributed by atoms with van der Waals surface area (Å²) in [6.07, 6.45) is 3.42. The van der Waals surface area contributed by atoms with Crippen molar-refractivity contribution in [3.05, 3.63) is 40.8 Å². The zero-order valence-electron chi connectivity index (χ0n) is 19.7. The van der Waals surface area contributed by atoms with Crippen LogP contribution in [0.15, 0.2) is 35.2 Å². The maximum Gasteiger partial charge on any atom is 0.407 e. The molecular weight excluding hydrogens is 436 g/mol. The number of anilines is 2. The van der Waals surface area contributed by atoms with Crippen molar-refractivity contribution in [2.75, 3.05) is 29.9 Å². The van der Waals surface area contributed by atoms with Crippen molar-refractivity contribution in [2.45, 2.75) is 52.5 Å². The minimum atomic E-state index is -0.790. The molecule has 3 heterocycles. The van der Waals surface area contributed by atoms with E-state index in [1.807, 2.05) is 12.1 Å². The number of amides is 2. The highest BCUT2D eigenvalue weighted by Crippen LogP contribution is 2.42. The summed E-state index contributed by atoms with van der Waals surface area (Å²) < 4.78 is 0. The number of nitrogens with zero attached hydrogens (tertiary/aromatic N) is 3. The number of nitrogens with one attached hydrogen (secondary N) is 1. The predicted octanol–water partition coefficient (Wildman–Crippen LogP) is 5.42. The largest absolute Gasteiger partial charge is 0.465 e. The van der Waals surface area contributed by atoms with Gasteiger partial charge in [0.05, 0.1) is 5.51 Å². The molecule has 0 bridgehead atoms. The van der Waals surface area contributed by atoms with E-state index < -0.39 is 6.09 Å². The van der Waals surface area contributed by atoms with Crippen molar-refractivity contribution in [3.63, 3.8) is 0 Å². The summed E-state index contributed by atoms with van der Waals surface area (Å²) in [5.41, 5.74) is 4.17. The summed E-state index contributed by atoms with van der Waals surface area (Å²) in [6.45, 7) is 9.24. The summed E-state index contributed by atoms with van der Waals surface area (Å²) >= 11 is 1.41. The monoisotopic (exact) mass is 470 g/mol. The molecule has 2 saturated heterocycles. The van der Waals surface area contributed by atoms with Crippen LogP contribution in [0.1, 0.15) is 56.9 Å². The van der Waals surface area contributed by atoms with Crippen LogP contribution in [0.5, 0.6) is 0 Å². The first-order chi connectivity index (χ1) is 15.7. The van der Waals surface area contributed by atoms with Gasteiger partial charge in [-0.25, -0.2) is 9.78 Å². The Morgan fingerprint density at radius 1 is 1.06 bits per heavy atom. The summed E-state index contributed by atoms with van der Waals surface area (Å²) in [5, 5.41) is 13.9. The van der Waals surface area contributed by atoms with Gasteiger partial charge in [0.25, 0.3) is 5.91 Å².